The molecule has 0 aliphatic carbocycles. The Labute approximate surface area is 120 Å². The lowest BCUT2D eigenvalue weighted by Crippen LogP contribution is -2.21. The van der Waals surface area contributed by atoms with Crippen molar-refractivity contribution < 1.29 is 9.53 Å². The highest BCUT2D eigenvalue weighted by Gasteiger charge is 2.28. The summed E-state index contributed by atoms with van der Waals surface area (Å²) in [4.78, 5) is 11.8. The molecule has 1 aliphatic heterocycles. The topological polar surface area (TPSA) is 26.3 Å². The number of carbonyl (C=O) groups excluding carboxylic acids is 1. The van der Waals surface area contributed by atoms with Crippen molar-refractivity contribution in [1.82, 2.24) is 0 Å². The van der Waals surface area contributed by atoms with Crippen molar-refractivity contribution in [2.75, 3.05) is 0 Å². The lowest BCUT2D eigenvalue weighted by Gasteiger charge is -2.26. The molecule has 104 valence electrons. The number of benzene rings is 1. The first-order valence-corrected chi connectivity index (χ1v) is 6.89. The van der Waals surface area contributed by atoms with Crippen LogP contribution in [0.3, 0.4) is 0 Å². The van der Waals surface area contributed by atoms with E-state index in [2.05, 4.69) is 31.9 Å². The van der Waals surface area contributed by atoms with E-state index in [1.807, 2.05) is 18.2 Å². The average molecular weight is 268 g/mol. The minimum absolute atomic E-state index is 0.162. The Balaban J connectivity index is 2.54. The molecule has 1 heterocycles. The molecule has 2 heteroatoms. The van der Waals surface area contributed by atoms with Gasteiger partial charge in [0.1, 0.15) is 5.75 Å². The van der Waals surface area contributed by atoms with Crippen LogP contribution >= 0.6 is 0 Å². The van der Waals surface area contributed by atoms with Gasteiger partial charge in [0, 0.05) is 11.5 Å². The first-order chi connectivity index (χ1) is 9.71. The fourth-order valence-electron chi connectivity index (χ4n) is 2.72. The minimum Gasteiger partial charge on any atom is -0.426 e. The summed E-state index contributed by atoms with van der Waals surface area (Å²) in [7, 11) is 0. The van der Waals surface area contributed by atoms with Gasteiger partial charge < -0.3 is 4.74 Å². The number of ether oxygens (including phenoxy) is 1. The van der Waals surface area contributed by atoms with Crippen LogP contribution in [0.5, 0.6) is 5.75 Å². The van der Waals surface area contributed by atoms with E-state index in [0.29, 0.717) is 12.8 Å². The maximum atomic E-state index is 11.8. The van der Waals surface area contributed by atoms with Gasteiger partial charge in [0.25, 0.3) is 0 Å². The van der Waals surface area contributed by atoms with Gasteiger partial charge in [-0.2, -0.15) is 0 Å². The Morgan fingerprint density at radius 2 is 1.90 bits per heavy atom. The molecule has 0 saturated carbocycles. The second kappa shape index (κ2) is 6.38. The first kappa shape index (κ1) is 14.3. The summed E-state index contributed by atoms with van der Waals surface area (Å²) in [5.41, 5.74) is 3.30. The van der Waals surface area contributed by atoms with Gasteiger partial charge in [-0.3, -0.25) is 4.79 Å². The van der Waals surface area contributed by atoms with Crippen LogP contribution < -0.4 is 4.74 Å². The Bertz CT molecular complexity index is 555. The van der Waals surface area contributed by atoms with Crippen LogP contribution in [0.15, 0.2) is 50.1 Å². The summed E-state index contributed by atoms with van der Waals surface area (Å²) in [6.07, 6.45) is 8.23. The lowest BCUT2D eigenvalue weighted by atomic mass is 9.86. The number of hydrogen-bond donors (Lipinski definition) is 0. The van der Waals surface area contributed by atoms with E-state index in [4.69, 9.17) is 4.74 Å². The van der Waals surface area contributed by atoms with E-state index < -0.39 is 0 Å². The molecule has 0 N–H and O–H groups in total. The van der Waals surface area contributed by atoms with Crippen molar-refractivity contribution in [2.24, 2.45) is 0 Å². The van der Waals surface area contributed by atoms with E-state index in [1.165, 1.54) is 0 Å². The predicted octanol–water partition coefficient (Wildman–Crippen LogP) is 4.11. The molecule has 0 aromatic heterocycles. The zero-order valence-electron chi connectivity index (χ0n) is 11.7. The largest absolute Gasteiger partial charge is 0.426 e. The van der Waals surface area contributed by atoms with Gasteiger partial charge in [-0.15, -0.1) is 19.7 Å². The molecule has 0 saturated heterocycles. The Morgan fingerprint density at radius 3 is 2.55 bits per heavy atom. The standard InChI is InChI=1S/C18H20O2/c1-4-7-13-10-11-16-14(8-5-2)12-17(19)20-18(16)15(13)9-6-3/h4-6,10-11,14H,1-3,7-9,12H2. The van der Waals surface area contributed by atoms with Gasteiger partial charge in [0.15, 0.2) is 0 Å². The Kier molecular flexibility index (Phi) is 4.57. The van der Waals surface area contributed by atoms with Crippen molar-refractivity contribution >= 4 is 5.97 Å². The van der Waals surface area contributed by atoms with E-state index >= 15 is 0 Å². The molecule has 2 rings (SSSR count). The molecule has 1 aromatic carbocycles. The average Bonchev–Trinajstić information content (AvgIpc) is 2.42. The van der Waals surface area contributed by atoms with Crippen molar-refractivity contribution in [1.29, 1.82) is 0 Å². The van der Waals surface area contributed by atoms with Gasteiger partial charge in [-0.1, -0.05) is 30.4 Å². The molecule has 1 atom stereocenters. The highest BCUT2D eigenvalue weighted by molar-refractivity contribution is 5.77. The number of fused-ring (bicyclic) bond motifs is 1. The van der Waals surface area contributed by atoms with Gasteiger partial charge in [-0.25, -0.2) is 0 Å². The second-order valence-electron chi connectivity index (χ2n) is 5.01. The van der Waals surface area contributed by atoms with E-state index in [1.54, 1.807) is 0 Å². The molecule has 2 nitrogen and oxygen atoms in total. The van der Waals surface area contributed by atoms with Crippen LogP contribution in [0.25, 0.3) is 0 Å². The van der Waals surface area contributed by atoms with Gasteiger partial charge in [0.05, 0.1) is 6.42 Å². The van der Waals surface area contributed by atoms with E-state index in [0.717, 1.165) is 35.3 Å². The molecule has 20 heavy (non-hydrogen) atoms. The maximum Gasteiger partial charge on any atom is 0.311 e. The van der Waals surface area contributed by atoms with Crippen molar-refractivity contribution in [2.45, 2.75) is 31.6 Å². The van der Waals surface area contributed by atoms with Crippen molar-refractivity contribution in [3.05, 3.63) is 66.8 Å². The third kappa shape index (κ3) is 2.74. The molecule has 0 fully saturated rings. The summed E-state index contributed by atoms with van der Waals surface area (Å²) in [5, 5.41) is 0. The summed E-state index contributed by atoms with van der Waals surface area (Å²) < 4.78 is 5.52. The number of rotatable bonds is 6. The molecule has 0 amide bonds. The fraction of sp³-hybridized carbons (Fsp3) is 0.278. The van der Waals surface area contributed by atoms with Crippen LogP contribution in [0.2, 0.25) is 0 Å². The number of allylic oxidation sites excluding steroid dienone is 3. The summed E-state index contributed by atoms with van der Waals surface area (Å²) in [6.45, 7) is 11.4. The number of hydrogen-bond acceptors (Lipinski definition) is 2. The maximum absolute atomic E-state index is 11.8. The second-order valence-corrected chi connectivity index (χ2v) is 5.01. The summed E-state index contributed by atoms with van der Waals surface area (Å²) in [6, 6.07) is 4.18. The van der Waals surface area contributed by atoms with E-state index in [-0.39, 0.29) is 11.9 Å². The highest BCUT2D eigenvalue weighted by Crippen LogP contribution is 2.40. The van der Waals surface area contributed by atoms with Crippen molar-refractivity contribution in [3.63, 3.8) is 0 Å². The Morgan fingerprint density at radius 1 is 1.15 bits per heavy atom. The van der Waals surface area contributed by atoms with Gasteiger partial charge in [-0.05, 0) is 30.4 Å². The molecule has 0 bridgehead atoms. The normalized spacial score (nSPS) is 17.0. The van der Waals surface area contributed by atoms with Gasteiger partial charge >= 0.3 is 5.97 Å². The molecular formula is C18H20O2. The van der Waals surface area contributed by atoms with Crippen LogP contribution in [0.4, 0.5) is 0 Å². The first-order valence-electron chi connectivity index (χ1n) is 6.89. The zero-order valence-corrected chi connectivity index (χ0v) is 11.7. The lowest BCUT2D eigenvalue weighted by molar-refractivity contribution is -0.135. The smallest absolute Gasteiger partial charge is 0.311 e. The van der Waals surface area contributed by atoms with Crippen LogP contribution in [-0.4, -0.2) is 5.97 Å². The third-order valence-electron chi connectivity index (χ3n) is 3.62. The Hall–Kier alpha value is -2.09. The molecule has 1 unspecified atom stereocenters. The highest BCUT2D eigenvalue weighted by atomic mass is 16.5. The third-order valence-corrected chi connectivity index (χ3v) is 3.62. The molecule has 0 spiro atoms. The monoisotopic (exact) mass is 268 g/mol. The molecule has 0 radical (unpaired) electrons. The SMILES string of the molecule is C=CCc1ccc2c(c1CC=C)OC(=O)CC2CC=C. The van der Waals surface area contributed by atoms with Crippen LogP contribution in [0, 0.1) is 0 Å². The van der Waals surface area contributed by atoms with Crippen molar-refractivity contribution in [3.8, 4) is 5.75 Å². The van der Waals surface area contributed by atoms with Crippen LogP contribution in [-0.2, 0) is 17.6 Å². The number of carbonyl (C=O) groups is 1. The summed E-state index contributed by atoms with van der Waals surface area (Å²) in [5.74, 6) is 0.739. The zero-order chi connectivity index (χ0) is 14.5. The number of esters is 1. The van der Waals surface area contributed by atoms with E-state index in [9.17, 15) is 4.79 Å². The summed E-state index contributed by atoms with van der Waals surface area (Å²) >= 11 is 0. The quantitative estimate of drug-likeness (QED) is 0.441. The fourth-order valence-corrected chi connectivity index (χ4v) is 2.72. The molecule has 1 aliphatic rings. The molecule has 1 aromatic rings. The van der Waals surface area contributed by atoms with Gasteiger partial charge in [0.2, 0.25) is 0 Å². The minimum atomic E-state index is -0.162. The van der Waals surface area contributed by atoms with Crippen LogP contribution in [0.1, 0.15) is 35.4 Å². The molecular weight excluding hydrogens is 248 g/mol. The predicted molar refractivity (Wildman–Crippen MR) is 82.1 cm³/mol.